The molecule has 0 saturated carbocycles. The molecule has 2 aliphatic rings. The number of benzene rings is 1. The first-order chi connectivity index (χ1) is 7.67. The molecule has 2 saturated heterocycles. The number of hydrogen-bond donors (Lipinski definition) is 1. The summed E-state index contributed by atoms with van der Waals surface area (Å²) in [4.78, 5) is 13.5. The lowest BCUT2D eigenvalue weighted by atomic mass is 9.78. The van der Waals surface area contributed by atoms with Gasteiger partial charge in [-0.2, -0.15) is 0 Å². The molecule has 3 nitrogen and oxygen atoms in total. The quantitative estimate of drug-likeness (QED) is 0.851. The van der Waals surface area contributed by atoms with Gasteiger partial charge >= 0.3 is 0 Å². The van der Waals surface area contributed by atoms with E-state index in [1.807, 2.05) is 12.1 Å². The molecule has 4 heteroatoms. The minimum atomic E-state index is 0.203. The molecule has 2 heterocycles. The van der Waals surface area contributed by atoms with Crippen molar-refractivity contribution in [3.05, 3.63) is 28.7 Å². The van der Waals surface area contributed by atoms with Crippen LogP contribution in [0.1, 0.15) is 6.42 Å². The molecule has 0 aliphatic carbocycles. The van der Waals surface area contributed by atoms with Crippen molar-refractivity contribution in [2.45, 2.75) is 6.42 Å². The van der Waals surface area contributed by atoms with E-state index in [1.54, 1.807) is 0 Å². The maximum atomic E-state index is 11.2. The van der Waals surface area contributed by atoms with E-state index in [1.165, 1.54) is 5.69 Å². The summed E-state index contributed by atoms with van der Waals surface area (Å²) in [7, 11) is 0. The van der Waals surface area contributed by atoms with Crippen molar-refractivity contribution in [1.82, 2.24) is 5.32 Å². The van der Waals surface area contributed by atoms with Gasteiger partial charge in [-0.1, -0.05) is 22.0 Å². The van der Waals surface area contributed by atoms with Crippen LogP contribution in [0.15, 0.2) is 28.7 Å². The highest BCUT2D eigenvalue weighted by atomic mass is 79.9. The Kier molecular flexibility index (Phi) is 2.21. The van der Waals surface area contributed by atoms with E-state index in [2.05, 4.69) is 38.3 Å². The van der Waals surface area contributed by atoms with E-state index >= 15 is 0 Å². The summed E-state index contributed by atoms with van der Waals surface area (Å²) in [5, 5.41) is 2.92. The molecule has 1 aromatic rings. The molecule has 2 fully saturated rings. The van der Waals surface area contributed by atoms with E-state index < -0.39 is 0 Å². The molecule has 0 atom stereocenters. The van der Waals surface area contributed by atoms with Gasteiger partial charge in [0.05, 0.1) is 0 Å². The Bertz CT molecular complexity index is 440. The molecule has 0 aromatic heterocycles. The van der Waals surface area contributed by atoms with Crippen LogP contribution < -0.4 is 10.2 Å². The number of nitrogens with one attached hydrogen (secondary N) is 1. The molecule has 1 amide bonds. The van der Waals surface area contributed by atoms with Crippen LogP contribution in [0.5, 0.6) is 0 Å². The second-order valence-corrected chi connectivity index (χ2v) is 5.71. The van der Waals surface area contributed by atoms with Crippen LogP contribution in [0.4, 0.5) is 5.69 Å². The monoisotopic (exact) mass is 280 g/mol. The van der Waals surface area contributed by atoms with Crippen LogP contribution in [0.3, 0.4) is 0 Å². The number of carbonyl (C=O) groups is 1. The highest BCUT2D eigenvalue weighted by molar-refractivity contribution is 9.10. The molecule has 2 aliphatic heterocycles. The first kappa shape index (κ1) is 10.1. The van der Waals surface area contributed by atoms with Crippen LogP contribution in [0, 0.1) is 5.41 Å². The first-order valence-electron chi connectivity index (χ1n) is 5.44. The molecule has 1 spiro atoms. The summed E-state index contributed by atoms with van der Waals surface area (Å²) in [6.45, 7) is 2.82. The standard InChI is InChI=1S/C12H13BrN2O/c13-9-2-1-3-10(4-9)15-7-12(8-15)5-11(16)14-6-12/h1-4H,5-8H2,(H,14,16). The fraction of sp³-hybridized carbons (Fsp3) is 0.417. The highest BCUT2D eigenvalue weighted by Crippen LogP contribution is 2.39. The molecular formula is C12H13BrN2O. The third-order valence-corrected chi connectivity index (χ3v) is 3.92. The van der Waals surface area contributed by atoms with Crippen molar-refractivity contribution in [3.8, 4) is 0 Å². The molecule has 3 rings (SSSR count). The summed E-state index contributed by atoms with van der Waals surface area (Å²) in [6.07, 6.45) is 0.692. The number of anilines is 1. The van der Waals surface area contributed by atoms with Crippen LogP contribution in [0.2, 0.25) is 0 Å². The van der Waals surface area contributed by atoms with Gasteiger partial charge in [0.25, 0.3) is 0 Å². The predicted octanol–water partition coefficient (Wildman–Crippen LogP) is 1.78. The van der Waals surface area contributed by atoms with Crippen molar-refractivity contribution in [3.63, 3.8) is 0 Å². The second-order valence-electron chi connectivity index (χ2n) is 4.79. The van der Waals surface area contributed by atoms with Gasteiger partial charge < -0.3 is 10.2 Å². The number of amides is 1. The van der Waals surface area contributed by atoms with E-state index in [0.29, 0.717) is 6.42 Å². The Morgan fingerprint density at radius 3 is 2.81 bits per heavy atom. The van der Waals surface area contributed by atoms with E-state index in [-0.39, 0.29) is 11.3 Å². The lowest BCUT2D eigenvalue weighted by Crippen LogP contribution is -2.57. The van der Waals surface area contributed by atoms with Gasteiger partial charge in [0.2, 0.25) is 5.91 Å². The van der Waals surface area contributed by atoms with Gasteiger partial charge in [-0.25, -0.2) is 0 Å². The average Bonchev–Trinajstić information content (AvgIpc) is 2.58. The number of rotatable bonds is 1. The molecule has 16 heavy (non-hydrogen) atoms. The van der Waals surface area contributed by atoms with E-state index in [0.717, 1.165) is 24.1 Å². The molecule has 1 N–H and O–H groups in total. The second kappa shape index (κ2) is 3.48. The maximum Gasteiger partial charge on any atom is 0.220 e. The summed E-state index contributed by atoms with van der Waals surface area (Å²) in [5.74, 6) is 0.203. The zero-order valence-electron chi connectivity index (χ0n) is 8.87. The molecular weight excluding hydrogens is 268 g/mol. The van der Waals surface area contributed by atoms with Gasteiger partial charge in [-0.05, 0) is 18.2 Å². The van der Waals surface area contributed by atoms with Gasteiger partial charge in [0.15, 0.2) is 0 Å². The summed E-state index contributed by atoms with van der Waals surface area (Å²) in [6, 6.07) is 8.31. The minimum Gasteiger partial charge on any atom is -0.370 e. The van der Waals surface area contributed by atoms with Gasteiger partial charge in [-0.15, -0.1) is 0 Å². The number of carbonyl (C=O) groups excluding carboxylic acids is 1. The zero-order valence-corrected chi connectivity index (χ0v) is 10.5. The molecule has 84 valence electrons. The fourth-order valence-electron chi connectivity index (χ4n) is 2.59. The van der Waals surface area contributed by atoms with Crippen LogP contribution in [0.25, 0.3) is 0 Å². The topological polar surface area (TPSA) is 32.3 Å². The Labute approximate surface area is 103 Å². The highest BCUT2D eigenvalue weighted by Gasteiger charge is 2.48. The van der Waals surface area contributed by atoms with E-state index in [9.17, 15) is 4.79 Å². The maximum absolute atomic E-state index is 11.2. The van der Waals surface area contributed by atoms with Crippen molar-refractivity contribution >= 4 is 27.5 Å². The van der Waals surface area contributed by atoms with Gasteiger partial charge in [0.1, 0.15) is 0 Å². The van der Waals surface area contributed by atoms with Crippen molar-refractivity contribution in [1.29, 1.82) is 0 Å². The Hall–Kier alpha value is -1.03. The SMILES string of the molecule is O=C1CC2(CN1)CN(c1cccc(Br)c1)C2. The zero-order chi connectivity index (χ0) is 11.2. The normalized spacial score (nSPS) is 22.1. The molecule has 1 aromatic carbocycles. The lowest BCUT2D eigenvalue weighted by Gasteiger charge is -2.48. The number of nitrogens with zero attached hydrogens (tertiary/aromatic N) is 1. The van der Waals surface area contributed by atoms with Crippen molar-refractivity contribution < 1.29 is 4.79 Å². The van der Waals surface area contributed by atoms with Crippen LogP contribution in [-0.2, 0) is 4.79 Å². The van der Waals surface area contributed by atoms with Crippen LogP contribution in [-0.4, -0.2) is 25.5 Å². The molecule has 0 radical (unpaired) electrons. The Balaban J connectivity index is 1.71. The Morgan fingerprint density at radius 2 is 2.19 bits per heavy atom. The smallest absolute Gasteiger partial charge is 0.220 e. The van der Waals surface area contributed by atoms with Crippen molar-refractivity contribution in [2.75, 3.05) is 24.5 Å². The van der Waals surface area contributed by atoms with Gasteiger partial charge in [0, 0.05) is 41.6 Å². The first-order valence-corrected chi connectivity index (χ1v) is 6.23. The third-order valence-electron chi connectivity index (χ3n) is 3.42. The average molecular weight is 281 g/mol. The molecule has 0 bridgehead atoms. The summed E-state index contributed by atoms with van der Waals surface area (Å²) in [5.41, 5.74) is 1.44. The number of halogens is 1. The van der Waals surface area contributed by atoms with Crippen molar-refractivity contribution in [2.24, 2.45) is 5.41 Å². The van der Waals surface area contributed by atoms with Crippen LogP contribution >= 0.6 is 15.9 Å². The Morgan fingerprint density at radius 1 is 1.38 bits per heavy atom. The lowest BCUT2D eigenvalue weighted by molar-refractivity contribution is -0.119. The predicted molar refractivity (Wildman–Crippen MR) is 66.4 cm³/mol. The minimum absolute atomic E-state index is 0.203. The third kappa shape index (κ3) is 1.61. The fourth-order valence-corrected chi connectivity index (χ4v) is 2.98. The largest absolute Gasteiger partial charge is 0.370 e. The summed E-state index contributed by atoms with van der Waals surface area (Å²) < 4.78 is 1.10. The van der Waals surface area contributed by atoms with E-state index in [4.69, 9.17) is 0 Å². The number of hydrogen-bond acceptors (Lipinski definition) is 2. The summed E-state index contributed by atoms with van der Waals surface area (Å²) >= 11 is 3.48. The van der Waals surface area contributed by atoms with Gasteiger partial charge in [-0.3, -0.25) is 4.79 Å². The molecule has 0 unspecified atom stereocenters.